The highest BCUT2D eigenvalue weighted by Crippen LogP contribution is 2.40. The van der Waals surface area contributed by atoms with Crippen LogP contribution in [0.3, 0.4) is 0 Å². The van der Waals surface area contributed by atoms with Crippen LogP contribution < -0.4 is 0 Å². The largest absolute Gasteiger partial charge is 0.390 e. The number of aliphatic hydroxyl groups excluding tert-OH is 2. The molecular weight excluding hydrogens is 152 g/mol. The van der Waals surface area contributed by atoms with Crippen LogP contribution in [0, 0.1) is 11.8 Å². The number of rotatable bonds is 0. The first-order chi connectivity index (χ1) is 5.79. The molecule has 12 heavy (non-hydrogen) atoms. The number of hydrogen-bond acceptors (Lipinski definition) is 2. The van der Waals surface area contributed by atoms with Crippen molar-refractivity contribution in [2.24, 2.45) is 11.8 Å². The highest BCUT2D eigenvalue weighted by Gasteiger charge is 2.38. The molecule has 0 aliphatic heterocycles. The first-order valence-electron chi connectivity index (χ1n) is 5.15. The van der Waals surface area contributed by atoms with Crippen molar-refractivity contribution in [1.29, 1.82) is 0 Å². The number of aliphatic hydroxyl groups is 2. The molecule has 0 spiro atoms. The van der Waals surface area contributed by atoms with Gasteiger partial charge < -0.3 is 10.2 Å². The second kappa shape index (κ2) is 3.35. The standard InChI is InChI=1S/C10H18O2/c11-9-6-5-7-3-1-2-4-8(7)10(9)12/h7-12H,1-6H2/t7-,8+,9+,10+/m0/s1. The summed E-state index contributed by atoms with van der Waals surface area (Å²) in [6.07, 6.45) is 6.03. The van der Waals surface area contributed by atoms with E-state index in [1.165, 1.54) is 19.3 Å². The number of fused-ring (bicyclic) bond motifs is 1. The summed E-state index contributed by atoms with van der Waals surface area (Å²) in [7, 11) is 0. The summed E-state index contributed by atoms with van der Waals surface area (Å²) in [5.41, 5.74) is 0. The van der Waals surface area contributed by atoms with Gasteiger partial charge in [-0.3, -0.25) is 0 Å². The average molecular weight is 170 g/mol. The van der Waals surface area contributed by atoms with Crippen molar-refractivity contribution < 1.29 is 10.2 Å². The van der Waals surface area contributed by atoms with Crippen molar-refractivity contribution in [2.45, 2.75) is 50.7 Å². The average Bonchev–Trinajstić information content (AvgIpc) is 2.12. The van der Waals surface area contributed by atoms with E-state index >= 15 is 0 Å². The summed E-state index contributed by atoms with van der Waals surface area (Å²) in [5, 5.41) is 19.2. The normalized spacial score (nSPS) is 48.5. The third kappa shape index (κ3) is 1.38. The van der Waals surface area contributed by atoms with E-state index in [1.54, 1.807) is 0 Å². The zero-order valence-corrected chi connectivity index (χ0v) is 7.45. The minimum absolute atomic E-state index is 0.405. The summed E-state index contributed by atoms with van der Waals surface area (Å²) in [6, 6.07) is 0. The molecule has 0 aromatic rings. The Kier molecular flexibility index (Phi) is 2.37. The summed E-state index contributed by atoms with van der Waals surface area (Å²) in [4.78, 5) is 0. The molecule has 2 heteroatoms. The molecule has 0 heterocycles. The Balaban J connectivity index is 2.03. The fraction of sp³-hybridized carbons (Fsp3) is 1.00. The van der Waals surface area contributed by atoms with Gasteiger partial charge in [0.1, 0.15) is 0 Å². The van der Waals surface area contributed by atoms with Gasteiger partial charge in [0, 0.05) is 0 Å². The van der Waals surface area contributed by atoms with Gasteiger partial charge in [0.25, 0.3) is 0 Å². The topological polar surface area (TPSA) is 40.5 Å². The highest BCUT2D eigenvalue weighted by molar-refractivity contribution is 4.89. The third-order valence-corrected chi connectivity index (χ3v) is 3.63. The van der Waals surface area contributed by atoms with E-state index in [0.29, 0.717) is 11.8 Å². The van der Waals surface area contributed by atoms with Gasteiger partial charge in [0.2, 0.25) is 0 Å². The lowest BCUT2D eigenvalue weighted by atomic mass is 9.68. The molecule has 0 radical (unpaired) electrons. The number of hydrogen-bond donors (Lipinski definition) is 2. The Hall–Kier alpha value is -0.0800. The van der Waals surface area contributed by atoms with Crippen LogP contribution in [-0.2, 0) is 0 Å². The van der Waals surface area contributed by atoms with Gasteiger partial charge in [-0.15, -0.1) is 0 Å². The first kappa shape index (κ1) is 8.52. The van der Waals surface area contributed by atoms with Gasteiger partial charge in [0.05, 0.1) is 12.2 Å². The molecule has 4 atom stereocenters. The molecule has 0 saturated heterocycles. The van der Waals surface area contributed by atoms with E-state index in [1.807, 2.05) is 0 Å². The highest BCUT2D eigenvalue weighted by atomic mass is 16.3. The van der Waals surface area contributed by atoms with Gasteiger partial charge in [-0.05, 0) is 31.1 Å². The fourth-order valence-corrected chi connectivity index (χ4v) is 2.89. The lowest BCUT2D eigenvalue weighted by Gasteiger charge is -2.41. The Morgan fingerprint density at radius 1 is 0.833 bits per heavy atom. The summed E-state index contributed by atoms with van der Waals surface area (Å²) in [5.74, 6) is 1.11. The van der Waals surface area contributed by atoms with Crippen molar-refractivity contribution >= 4 is 0 Å². The maximum absolute atomic E-state index is 9.72. The molecule has 0 unspecified atom stereocenters. The molecule has 2 N–H and O–H groups in total. The van der Waals surface area contributed by atoms with Crippen LogP contribution in [0.15, 0.2) is 0 Å². The molecular formula is C10H18O2. The molecule has 2 aliphatic carbocycles. The van der Waals surface area contributed by atoms with Crippen LogP contribution in [-0.4, -0.2) is 22.4 Å². The van der Waals surface area contributed by atoms with Gasteiger partial charge >= 0.3 is 0 Å². The predicted molar refractivity (Wildman–Crippen MR) is 46.7 cm³/mol. The van der Waals surface area contributed by atoms with Crippen LogP contribution in [0.2, 0.25) is 0 Å². The quantitative estimate of drug-likeness (QED) is 0.575. The Morgan fingerprint density at radius 2 is 1.58 bits per heavy atom. The van der Waals surface area contributed by atoms with Crippen molar-refractivity contribution in [3.63, 3.8) is 0 Å². The maximum Gasteiger partial charge on any atom is 0.0829 e. The van der Waals surface area contributed by atoms with E-state index in [-0.39, 0.29) is 0 Å². The van der Waals surface area contributed by atoms with Gasteiger partial charge in [-0.2, -0.15) is 0 Å². The molecule has 70 valence electrons. The fourth-order valence-electron chi connectivity index (χ4n) is 2.89. The molecule has 2 nitrogen and oxygen atoms in total. The Labute approximate surface area is 73.6 Å². The van der Waals surface area contributed by atoms with Crippen LogP contribution >= 0.6 is 0 Å². The van der Waals surface area contributed by atoms with Crippen LogP contribution in [0.5, 0.6) is 0 Å². The van der Waals surface area contributed by atoms with Crippen molar-refractivity contribution in [3.8, 4) is 0 Å². The summed E-state index contributed by atoms with van der Waals surface area (Å²) >= 11 is 0. The second-order valence-electron chi connectivity index (χ2n) is 4.34. The minimum Gasteiger partial charge on any atom is -0.390 e. The van der Waals surface area contributed by atoms with E-state index in [0.717, 1.165) is 19.3 Å². The molecule has 0 bridgehead atoms. The molecule has 0 aromatic heterocycles. The van der Waals surface area contributed by atoms with Crippen molar-refractivity contribution in [2.75, 3.05) is 0 Å². The van der Waals surface area contributed by atoms with Crippen LogP contribution in [0.1, 0.15) is 38.5 Å². The van der Waals surface area contributed by atoms with Gasteiger partial charge in [-0.1, -0.05) is 19.3 Å². The monoisotopic (exact) mass is 170 g/mol. The zero-order chi connectivity index (χ0) is 8.55. The molecule has 0 aromatic carbocycles. The smallest absolute Gasteiger partial charge is 0.0829 e. The van der Waals surface area contributed by atoms with Crippen LogP contribution in [0.25, 0.3) is 0 Å². The van der Waals surface area contributed by atoms with Gasteiger partial charge in [-0.25, -0.2) is 0 Å². The molecule has 0 amide bonds. The van der Waals surface area contributed by atoms with Gasteiger partial charge in [0.15, 0.2) is 0 Å². The van der Waals surface area contributed by atoms with E-state index in [4.69, 9.17) is 0 Å². The third-order valence-electron chi connectivity index (χ3n) is 3.63. The molecule has 2 rings (SSSR count). The minimum atomic E-state index is -0.440. The Morgan fingerprint density at radius 3 is 2.42 bits per heavy atom. The predicted octanol–water partition coefficient (Wildman–Crippen LogP) is 1.31. The summed E-state index contributed by atoms with van der Waals surface area (Å²) in [6.45, 7) is 0. The summed E-state index contributed by atoms with van der Waals surface area (Å²) < 4.78 is 0. The SMILES string of the molecule is O[C@@H]1[C@@H]2CCCC[C@H]2CC[C@H]1O. The van der Waals surface area contributed by atoms with E-state index < -0.39 is 12.2 Å². The first-order valence-corrected chi connectivity index (χ1v) is 5.15. The second-order valence-corrected chi connectivity index (χ2v) is 4.34. The zero-order valence-electron chi connectivity index (χ0n) is 7.45. The molecule has 2 saturated carbocycles. The lowest BCUT2D eigenvalue weighted by Crippen LogP contribution is -2.43. The van der Waals surface area contributed by atoms with Crippen molar-refractivity contribution in [3.05, 3.63) is 0 Å². The lowest BCUT2D eigenvalue weighted by molar-refractivity contribution is -0.0785. The molecule has 2 aliphatic rings. The van der Waals surface area contributed by atoms with E-state index in [2.05, 4.69) is 0 Å². The Bertz CT molecular complexity index is 156. The maximum atomic E-state index is 9.72. The molecule has 2 fully saturated rings. The van der Waals surface area contributed by atoms with E-state index in [9.17, 15) is 10.2 Å². The van der Waals surface area contributed by atoms with Crippen molar-refractivity contribution in [1.82, 2.24) is 0 Å². The van der Waals surface area contributed by atoms with Crippen LogP contribution in [0.4, 0.5) is 0 Å².